The van der Waals surface area contributed by atoms with E-state index in [9.17, 15) is 9.59 Å². The van der Waals surface area contributed by atoms with E-state index in [1.54, 1.807) is 17.8 Å². The van der Waals surface area contributed by atoms with Crippen LogP contribution in [-0.4, -0.2) is 34.6 Å². The van der Waals surface area contributed by atoms with E-state index in [0.29, 0.717) is 12.2 Å². The Hall–Kier alpha value is -1.05. The lowest BCUT2D eigenvalue weighted by Crippen LogP contribution is -2.47. The van der Waals surface area contributed by atoms with Crippen molar-refractivity contribution < 1.29 is 14.3 Å². The Balaban J connectivity index is 1.79. The van der Waals surface area contributed by atoms with Gasteiger partial charge in [-0.25, -0.2) is 0 Å². The van der Waals surface area contributed by atoms with Crippen molar-refractivity contribution in [3.63, 3.8) is 0 Å². The van der Waals surface area contributed by atoms with Crippen LogP contribution >= 0.6 is 27.7 Å². The lowest BCUT2D eigenvalue weighted by Gasteiger charge is -2.38. The third kappa shape index (κ3) is 3.48. The highest BCUT2D eigenvalue weighted by Gasteiger charge is 2.52. The molecule has 0 saturated carbocycles. The number of nitrogens with two attached hydrogens (primary N) is 1. The molecule has 2 fully saturated rings. The number of primary amides is 1. The lowest BCUT2D eigenvalue weighted by molar-refractivity contribution is -0.127. The van der Waals surface area contributed by atoms with Crippen molar-refractivity contribution in [3.05, 3.63) is 34.3 Å². The fourth-order valence-corrected chi connectivity index (χ4v) is 5.66. The van der Waals surface area contributed by atoms with Crippen LogP contribution in [-0.2, 0) is 9.53 Å². The Morgan fingerprint density at radius 2 is 2.08 bits per heavy atom. The fraction of sp³-hybridized carbons (Fsp3) is 0.529. The zero-order valence-corrected chi connectivity index (χ0v) is 16.0. The first-order chi connectivity index (χ1) is 11.3. The van der Waals surface area contributed by atoms with Crippen LogP contribution < -0.4 is 11.1 Å². The molecule has 2 saturated heterocycles. The van der Waals surface area contributed by atoms with Gasteiger partial charge in [-0.1, -0.05) is 12.1 Å². The molecule has 1 aromatic rings. The smallest absolute Gasteiger partial charge is 0.253 e. The van der Waals surface area contributed by atoms with E-state index in [4.69, 9.17) is 10.5 Å². The first-order valence-electron chi connectivity index (χ1n) is 7.92. The molecule has 0 aliphatic carbocycles. The van der Waals surface area contributed by atoms with E-state index < -0.39 is 0 Å². The van der Waals surface area contributed by atoms with Gasteiger partial charge in [-0.05, 0) is 54.2 Å². The standard InChI is InChI=1S/C17H21BrN2O3S/c1-17(2)7-10-12(8-23-17)24-16(13(10)14(19)21)20-15(22)9-5-3-4-6-11(9)18/h3-6,10,12-13,16H,7-8H2,1-2H3,(H2,19,21)(H,20,22). The summed E-state index contributed by atoms with van der Waals surface area (Å²) in [6, 6.07) is 7.23. The van der Waals surface area contributed by atoms with Crippen molar-refractivity contribution in [3.8, 4) is 0 Å². The summed E-state index contributed by atoms with van der Waals surface area (Å²) in [7, 11) is 0. The third-order valence-electron chi connectivity index (χ3n) is 4.67. The van der Waals surface area contributed by atoms with E-state index in [-0.39, 0.29) is 39.9 Å². The van der Waals surface area contributed by atoms with Crippen LogP contribution in [0, 0.1) is 11.8 Å². The van der Waals surface area contributed by atoms with Gasteiger partial charge in [0.25, 0.3) is 5.91 Å². The summed E-state index contributed by atoms with van der Waals surface area (Å²) in [5.41, 5.74) is 5.96. The number of amides is 2. The topological polar surface area (TPSA) is 81.4 Å². The number of ether oxygens (including phenoxy) is 1. The summed E-state index contributed by atoms with van der Waals surface area (Å²) in [5, 5.41) is 2.84. The largest absolute Gasteiger partial charge is 0.374 e. The molecule has 4 atom stereocenters. The van der Waals surface area contributed by atoms with Gasteiger partial charge in [0.05, 0.1) is 29.1 Å². The zero-order valence-electron chi connectivity index (χ0n) is 13.6. The Bertz CT molecular complexity index is 667. The Morgan fingerprint density at radius 3 is 2.75 bits per heavy atom. The van der Waals surface area contributed by atoms with E-state index in [1.807, 2.05) is 32.0 Å². The molecule has 3 rings (SSSR count). The summed E-state index contributed by atoms with van der Waals surface area (Å²) in [6.45, 7) is 4.63. The van der Waals surface area contributed by atoms with Gasteiger partial charge in [-0.2, -0.15) is 0 Å². The molecule has 3 N–H and O–H groups in total. The Labute approximate surface area is 154 Å². The summed E-state index contributed by atoms with van der Waals surface area (Å²) >= 11 is 4.97. The number of rotatable bonds is 3. The molecule has 4 unspecified atom stereocenters. The average Bonchev–Trinajstić information content (AvgIpc) is 2.83. The van der Waals surface area contributed by atoms with Gasteiger partial charge in [-0.3, -0.25) is 9.59 Å². The molecule has 7 heteroatoms. The maximum atomic E-state index is 12.6. The molecule has 2 heterocycles. The maximum absolute atomic E-state index is 12.6. The van der Waals surface area contributed by atoms with E-state index in [0.717, 1.165) is 10.9 Å². The summed E-state index contributed by atoms with van der Waals surface area (Å²) < 4.78 is 6.60. The van der Waals surface area contributed by atoms with Crippen LogP contribution in [0.5, 0.6) is 0 Å². The number of halogens is 1. The second-order valence-corrected chi connectivity index (χ2v) is 9.16. The van der Waals surface area contributed by atoms with Gasteiger partial charge in [0, 0.05) is 9.72 Å². The molecule has 0 bridgehead atoms. The van der Waals surface area contributed by atoms with Crippen LogP contribution in [0.15, 0.2) is 28.7 Å². The normalized spacial score (nSPS) is 31.3. The number of nitrogens with one attached hydrogen (secondary N) is 1. The van der Waals surface area contributed by atoms with Crippen molar-refractivity contribution in [1.82, 2.24) is 5.32 Å². The van der Waals surface area contributed by atoms with Crippen LogP contribution in [0.3, 0.4) is 0 Å². The minimum Gasteiger partial charge on any atom is -0.374 e. The first kappa shape index (κ1) is 17.8. The van der Waals surface area contributed by atoms with Crippen LogP contribution in [0.25, 0.3) is 0 Å². The second-order valence-electron chi connectivity index (χ2n) is 6.92. The van der Waals surface area contributed by atoms with E-state index >= 15 is 0 Å². The highest BCUT2D eigenvalue weighted by molar-refractivity contribution is 9.10. The summed E-state index contributed by atoms with van der Waals surface area (Å²) in [6.07, 6.45) is 0.764. The summed E-state index contributed by atoms with van der Waals surface area (Å²) in [4.78, 5) is 24.7. The molecule has 2 amide bonds. The number of carbonyl (C=O) groups is 2. The minimum atomic E-state index is -0.380. The molecule has 24 heavy (non-hydrogen) atoms. The van der Waals surface area contributed by atoms with Crippen LogP contribution in [0.1, 0.15) is 30.6 Å². The summed E-state index contributed by atoms with van der Waals surface area (Å²) in [5.74, 6) is -0.814. The molecular formula is C17H21BrN2O3S. The van der Waals surface area contributed by atoms with Crippen molar-refractivity contribution in [2.24, 2.45) is 17.6 Å². The molecule has 1 aromatic carbocycles. The van der Waals surface area contributed by atoms with Crippen LogP contribution in [0.4, 0.5) is 0 Å². The van der Waals surface area contributed by atoms with Gasteiger partial charge < -0.3 is 15.8 Å². The van der Waals surface area contributed by atoms with Crippen molar-refractivity contribution in [2.75, 3.05) is 6.61 Å². The van der Waals surface area contributed by atoms with Crippen molar-refractivity contribution in [1.29, 1.82) is 0 Å². The van der Waals surface area contributed by atoms with Gasteiger partial charge in [0.2, 0.25) is 5.91 Å². The molecule has 0 radical (unpaired) electrons. The zero-order chi connectivity index (χ0) is 17.5. The number of fused-ring (bicyclic) bond motifs is 1. The Morgan fingerprint density at radius 1 is 1.38 bits per heavy atom. The number of hydrogen-bond acceptors (Lipinski definition) is 4. The monoisotopic (exact) mass is 412 g/mol. The quantitative estimate of drug-likeness (QED) is 0.798. The molecule has 2 aliphatic heterocycles. The van der Waals surface area contributed by atoms with Crippen molar-refractivity contribution in [2.45, 2.75) is 36.5 Å². The highest BCUT2D eigenvalue weighted by Crippen LogP contribution is 2.49. The lowest BCUT2D eigenvalue weighted by atomic mass is 9.79. The predicted molar refractivity (Wildman–Crippen MR) is 97.6 cm³/mol. The molecule has 130 valence electrons. The van der Waals surface area contributed by atoms with E-state index in [2.05, 4.69) is 21.2 Å². The number of carbonyl (C=O) groups excluding carboxylic acids is 2. The number of thioether (sulfide) groups is 1. The number of hydrogen-bond donors (Lipinski definition) is 2. The van der Waals surface area contributed by atoms with Crippen LogP contribution in [0.2, 0.25) is 0 Å². The number of benzene rings is 1. The SMILES string of the molecule is CC1(C)CC2C(CO1)SC(NC(=O)c1ccccc1Br)C2C(N)=O. The highest BCUT2D eigenvalue weighted by atomic mass is 79.9. The minimum absolute atomic E-state index is 0.126. The molecular weight excluding hydrogens is 392 g/mol. The van der Waals surface area contributed by atoms with E-state index in [1.165, 1.54) is 0 Å². The fourth-order valence-electron chi connectivity index (χ4n) is 3.52. The van der Waals surface area contributed by atoms with Crippen molar-refractivity contribution >= 4 is 39.5 Å². The molecule has 0 aromatic heterocycles. The maximum Gasteiger partial charge on any atom is 0.253 e. The van der Waals surface area contributed by atoms with Gasteiger partial charge >= 0.3 is 0 Å². The first-order valence-corrected chi connectivity index (χ1v) is 9.66. The third-order valence-corrected chi connectivity index (χ3v) is 6.90. The Kier molecular flexibility index (Phi) is 4.95. The van der Waals surface area contributed by atoms with Gasteiger partial charge in [-0.15, -0.1) is 11.8 Å². The molecule has 2 aliphatic rings. The van der Waals surface area contributed by atoms with Gasteiger partial charge in [0.1, 0.15) is 0 Å². The average molecular weight is 413 g/mol. The second kappa shape index (κ2) is 6.69. The molecule has 0 spiro atoms. The predicted octanol–water partition coefficient (Wildman–Crippen LogP) is 2.54. The molecule has 5 nitrogen and oxygen atoms in total. The van der Waals surface area contributed by atoms with Gasteiger partial charge in [0.15, 0.2) is 0 Å².